The molecule has 0 aromatic carbocycles. The zero-order valence-corrected chi connectivity index (χ0v) is 10.00. The quantitative estimate of drug-likeness (QED) is 0.468. The van der Waals surface area contributed by atoms with Gasteiger partial charge >= 0.3 is 6.09 Å². The Hall–Kier alpha value is -1.29. The topological polar surface area (TPSA) is 50.4 Å². The minimum atomic E-state index is -0.385. The average molecular weight is 226 g/mol. The van der Waals surface area contributed by atoms with Crippen LogP contribution in [0.1, 0.15) is 26.2 Å². The number of hydrogen-bond acceptors (Lipinski definition) is 3. The van der Waals surface area contributed by atoms with Crippen LogP contribution in [0.3, 0.4) is 0 Å². The van der Waals surface area contributed by atoms with Gasteiger partial charge in [0.2, 0.25) is 0 Å². The molecule has 0 aliphatic heterocycles. The Balaban J connectivity index is 3.30. The minimum Gasteiger partial charge on any atom is -0.449 e. The van der Waals surface area contributed by atoms with E-state index in [0.29, 0.717) is 6.61 Å². The van der Waals surface area contributed by atoms with Crippen molar-refractivity contribution >= 4 is 6.09 Å². The summed E-state index contributed by atoms with van der Waals surface area (Å²) in [4.78, 5) is 11.0. The second-order valence-electron chi connectivity index (χ2n) is 3.32. The van der Waals surface area contributed by atoms with Gasteiger partial charge < -0.3 is 10.1 Å². The summed E-state index contributed by atoms with van der Waals surface area (Å²) in [5.74, 6) is 0. The molecular formula is C12H22N2O2. The number of carbonyl (C=O) groups is 1. The molecule has 0 saturated carbocycles. The van der Waals surface area contributed by atoms with Crippen molar-refractivity contribution in [2.45, 2.75) is 26.2 Å². The van der Waals surface area contributed by atoms with Gasteiger partial charge in [-0.15, -0.1) is 6.58 Å². The summed E-state index contributed by atoms with van der Waals surface area (Å²) in [6.45, 7) is 7.81. The van der Waals surface area contributed by atoms with Crippen LogP contribution < -0.4 is 10.6 Å². The molecule has 0 unspecified atom stereocenters. The fraction of sp³-hybridized carbons (Fsp3) is 0.583. The van der Waals surface area contributed by atoms with E-state index in [9.17, 15) is 4.79 Å². The molecule has 0 rings (SSSR count). The van der Waals surface area contributed by atoms with Gasteiger partial charge in [-0.1, -0.05) is 25.5 Å². The van der Waals surface area contributed by atoms with E-state index in [0.717, 1.165) is 32.4 Å². The largest absolute Gasteiger partial charge is 0.449 e. The van der Waals surface area contributed by atoms with E-state index in [1.165, 1.54) is 0 Å². The van der Waals surface area contributed by atoms with Crippen LogP contribution in [0, 0.1) is 0 Å². The number of ether oxygens (including phenoxy) is 1. The summed E-state index contributed by atoms with van der Waals surface area (Å²) in [5.41, 5.74) is 0. The summed E-state index contributed by atoms with van der Waals surface area (Å²) in [6.07, 6.45) is 7.72. The van der Waals surface area contributed by atoms with E-state index in [-0.39, 0.29) is 6.09 Å². The summed E-state index contributed by atoms with van der Waals surface area (Å²) in [7, 11) is 0. The molecule has 0 aromatic rings. The van der Waals surface area contributed by atoms with Crippen LogP contribution >= 0.6 is 0 Å². The lowest BCUT2D eigenvalue weighted by atomic mass is 10.4. The van der Waals surface area contributed by atoms with Crippen LogP contribution in [-0.2, 0) is 4.74 Å². The Bertz CT molecular complexity index is 215. The van der Waals surface area contributed by atoms with Gasteiger partial charge in [-0.25, -0.2) is 4.79 Å². The van der Waals surface area contributed by atoms with Crippen LogP contribution in [0.2, 0.25) is 0 Å². The van der Waals surface area contributed by atoms with E-state index in [1.807, 2.05) is 12.2 Å². The molecule has 0 spiro atoms. The molecule has 4 nitrogen and oxygen atoms in total. The lowest BCUT2D eigenvalue weighted by Gasteiger charge is -2.02. The molecule has 0 atom stereocenters. The third-order valence-corrected chi connectivity index (χ3v) is 1.83. The Morgan fingerprint density at radius 1 is 1.50 bits per heavy atom. The van der Waals surface area contributed by atoms with Crippen molar-refractivity contribution in [3.05, 3.63) is 24.9 Å². The number of alkyl carbamates (subject to hydrolysis) is 1. The van der Waals surface area contributed by atoms with Gasteiger partial charge in [0.1, 0.15) is 0 Å². The zero-order valence-electron chi connectivity index (χ0n) is 10.00. The predicted molar refractivity (Wildman–Crippen MR) is 66.2 cm³/mol. The standard InChI is InChI=1S/C12H22N2O2/c1-3-5-11-16-12(15)14-10-7-6-9-13-8-4-2/h4,7,10,13H,2-3,5-6,8-9,11H2,1H3,(H,14,15). The normalized spacial score (nSPS) is 10.3. The fourth-order valence-electron chi connectivity index (χ4n) is 0.951. The third-order valence-electron chi connectivity index (χ3n) is 1.83. The van der Waals surface area contributed by atoms with Crippen LogP contribution in [-0.4, -0.2) is 25.8 Å². The van der Waals surface area contributed by atoms with Crippen LogP contribution in [0.25, 0.3) is 0 Å². The van der Waals surface area contributed by atoms with Gasteiger partial charge in [-0.05, 0) is 19.4 Å². The number of carbonyl (C=O) groups excluding carboxylic acids is 1. The number of rotatable bonds is 9. The first-order chi connectivity index (χ1) is 7.81. The van der Waals surface area contributed by atoms with Gasteiger partial charge in [-0.2, -0.15) is 0 Å². The van der Waals surface area contributed by atoms with Crippen molar-refractivity contribution in [2.75, 3.05) is 19.7 Å². The number of nitrogens with one attached hydrogen (secondary N) is 2. The highest BCUT2D eigenvalue weighted by Crippen LogP contribution is 1.88. The minimum absolute atomic E-state index is 0.385. The number of unbranched alkanes of at least 4 members (excludes halogenated alkanes) is 1. The monoisotopic (exact) mass is 226 g/mol. The van der Waals surface area contributed by atoms with E-state index in [1.54, 1.807) is 6.20 Å². The molecule has 0 saturated heterocycles. The van der Waals surface area contributed by atoms with E-state index < -0.39 is 0 Å². The molecule has 0 aliphatic rings. The van der Waals surface area contributed by atoms with Crippen molar-refractivity contribution in [1.82, 2.24) is 10.6 Å². The highest BCUT2D eigenvalue weighted by molar-refractivity contribution is 5.68. The van der Waals surface area contributed by atoms with E-state index in [4.69, 9.17) is 4.74 Å². The van der Waals surface area contributed by atoms with E-state index in [2.05, 4.69) is 24.1 Å². The molecular weight excluding hydrogens is 204 g/mol. The van der Waals surface area contributed by atoms with Crippen molar-refractivity contribution in [3.8, 4) is 0 Å². The molecule has 0 radical (unpaired) electrons. The van der Waals surface area contributed by atoms with Crippen LogP contribution in [0.15, 0.2) is 24.9 Å². The van der Waals surface area contributed by atoms with Gasteiger partial charge in [0.15, 0.2) is 0 Å². The first-order valence-electron chi connectivity index (χ1n) is 5.71. The van der Waals surface area contributed by atoms with Crippen molar-refractivity contribution in [3.63, 3.8) is 0 Å². The molecule has 0 aliphatic carbocycles. The molecule has 16 heavy (non-hydrogen) atoms. The number of amides is 1. The summed E-state index contributed by atoms with van der Waals surface area (Å²) < 4.78 is 4.90. The Morgan fingerprint density at radius 3 is 3.00 bits per heavy atom. The zero-order chi connectivity index (χ0) is 12.1. The molecule has 0 heterocycles. The lowest BCUT2D eigenvalue weighted by molar-refractivity contribution is 0.148. The SMILES string of the molecule is C=CCNCCC=CNC(=O)OCCCC. The summed E-state index contributed by atoms with van der Waals surface area (Å²) in [5, 5.41) is 5.69. The fourth-order valence-corrected chi connectivity index (χ4v) is 0.951. The second-order valence-corrected chi connectivity index (χ2v) is 3.32. The molecule has 4 heteroatoms. The first-order valence-corrected chi connectivity index (χ1v) is 5.71. The van der Waals surface area contributed by atoms with E-state index >= 15 is 0 Å². The Kier molecular flexibility index (Phi) is 10.8. The molecule has 1 amide bonds. The van der Waals surface area contributed by atoms with Crippen molar-refractivity contribution in [2.24, 2.45) is 0 Å². The van der Waals surface area contributed by atoms with Crippen LogP contribution in [0.4, 0.5) is 4.79 Å². The Morgan fingerprint density at radius 2 is 2.31 bits per heavy atom. The second kappa shape index (κ2) is 11.8. The highest BCUT2D eigenvalue weighted by Gasteiger charge is 1.95. The van der Waals surface area contributed by atoms with Gasteiger partial charge in [0.05, 0.1) is 6.61 Å². The van der Waals surface area contributed by atoms with Crippen LogP contribution in [0.5, 0.6) is 0 Å². The molecule has 2 N–H and O–H groups in total. The maximum absolute atomic E-state index is 11.0. The highest BCUT2D eigenvalue weighted by atomic mass is 16.5. The lowest BCUT2D eigenvalue weighted by Crippen LogP contribution is -2.19. The van der Waals surface area contributed by atoms with Gasteiger partial charge in [-0.3, -0.25) is 5.32 Å². The van der Waals surface area contributed by atoms with Crippen molar-refractivity contribution in [1.29, 1.82) is 0 Å². The smallest absolute Gasteiger partial charge is 0.411 e. The molecule has 0 aromatic heterocycles. The maximum atomic E-state index is 11.0. The third kappa shape index (κ3) is 10.8. The predicted octanol–water partition coefficient (Wildman–Crippen LogP) is 2.19. The van der Waals surface area contributed by atoms with Gasteiger partial charge in [0, 0.05) is 12.7 Å². The molecule has 92 valence electrons. The first kappa shape index (κ1) is 14.7. The Labute approximate surface area is 97.7 Å². The number of hydrogen-bond donors (Lipinski definition) is 2. The molecule has 0 bridgehead atoms. The summed E-state index contributed by atoms with van der Waals surface area (Å²) in [6, 6.07) is 0. The summed E-state index contributed by atoms with van der Waals surface area (Å²) >= 11 is 0. The molecule has 0 fully saturated rings. The maximum Gasteiger partial charge on any atom is 0.411 e. The van der Waals surface area contributed by atoms with Crippen molar-refractivity contribution < 1.29 is 9.53 Å². The van der Waals surface area contributed by atoms with Gasteiger partial charge in [0.25, 0.3) is 0 Å². The average Bonchev–Trinajstić information content (AvgIpc) is 2.28.